The molecule has 0 aromatic heterocycles. The molecular formula is C25H22N2O3. The quantitative estimate of drug-likeness (QED) is 0.659. The highest BCUT2D eigenvalue weighted by molar-refractivity contribution is 6.13. The molecule has 0 saturated carbocycles. The Morgan fingerprint density at radius 1 is 0.833 bits per heavy atom. The van der Waals surface area contributed by atoms with Gasteiger partial charge < -0.3 is 10.6 Å². The van der Waals surface area contributed by atoms with Crippen molar-refractivity contribution in [1.82, 2.24) is 0 Å². The number of rotatable bonds is 4. The highest BCUT2D eigenvalue weighted by atomic mass is 16.2. The van der Waals surface area contributed by atoms with E-state index in [0.717, 1.165) is 22.4 Å². The van der Waals surface area contributed by atoms with E-state index in [-0.39, 0.29) is 24.0 Å². The van der Waals surface area contributed by atoms with Crippen LogP contribution in [0.2, 0.25) is 0 Å². The summed E-state index contributed by atoms with van der Waals surface area (Å²) in [5, 5.41) is 5.81. The van der Waals surface area contributed by atoms with Crippen LogP contribution in [-0.2, 0) is 4.79 Å². The first kappa shape index (κ1) is 19.6. The average Bonchev–Trinajstić information content (AvgIpc) is 3.08. The Hall–Kier alpha value is -3.73. The molecule has 1 aliphatic rings. The van der Waals surface area contributed by atoms with Crippen molar-refractivity contribution in [3.05, 3.63) is 94.5 Å². The van der Waals surface area contributed by atoms with Gasteiger partial charge in [-0.1, -0.05) is 54.6 Å². The molecule has 0 bridgehead atoms. The van der Waals surface area contributed by atoms with Crippen LogP contribution in [-0.4, -0.2) is 17.6 Å². The third-order valence-electron chi connectivity index (χ3n) is 5.49. The lowest BCUT2D eigenvalue weighted by Crippen LogP contribution is -2.22. The number of Topliss-reactive ketones (excluding diaryl/α,β-unsaturated/α-hetero) is 1. The second kappa shape index (κ2) is 7.95. The fourth-order valence-corrected chi connectivity index (χ4v) is 3.90. The average molecular weight is 398 g/mol. The van der Waals surface area contributed by atoms with Crippen LogP contribution in [0.5, 0.6) is 0 Å². The van der Waals surface area contributed by atoms with Gasteiger partial charge >= 0.3 is 0 Å². The number of carbonyl (C=O) groups is 3. The Labute approximate surface area is 175 Å². The van der Waals surface area contributed by atoms with E-state index >= 15 is 0 Å². The summed E-state index contributed by atoms with van der Waals surface area (Å²) in [7, 11) is 0. The number of para-hydroxylation sites is 2. The maximum atomic E-state index is 13.0. The van der Waals surface area contributed by atoms with Gasteiger partial charge in [0, 0.05) is 17.7 Å². The van der Waals surface area contributed by atoms with E-state index in [1.807, 2.05) is 44.2 Å². The zero-order chi connectivity index (χ0) is 21.3. The summed E-state index contributed by atoms with van der Waals surface area (Å²) in [5.74, 6) is -1.18. The molecule has 1 aliphatic carbocycles. The fraction of sp³-hybridized carbons (Fsp3) is 0.160. The van der Waals surface area contributed by atoms with Crippen LogP contribution < -0.4 is 10.6 Å². The van der Waals surface area contributed by atoms with Crippen molar-refractivity contribution in [1.29, 1.82) is 0 Å². The standard InChI is InChI=1S/C25H22N2O3/c1-15-8-7-9-16(2)23(15)27-24(29)19-12-5-6-13-21(19)26-25(30)20-14-22(28)18-11-4-3-10-17(18)20/h3-13,20H,14H2,1-2H3,(H,26,30)(H,27,29)/t20-/m1/s1. The van der Waals surface area contributed by atoms with Gasteiger partial charge in [0.2, 0.25) is 5.91 Å². The number of hydrogen-bond acceptors (Lipinski definition) is 3. The van der Waals surface area contributed by atoms with Crippen LogP contribution in [0, 0.1) is 13.8 Å². The van der Waals surface area contributed by atoms with Gasteiger partial charge in [-0.3, -0.25) is 14.4 Å². The number of fused-ring (bicyclic) bond motifs is 1. The maximum absolute atomic E-state index is 13.0. The van der Waals surface area contributed by atoms with E-state index in [1.165, 1.54) is 0 Å². The molecule has 2 N–H and O–H groups in total. The van der Waals surface area contributed by atoms with Crippen LogP contribution in [0.4, 0.5) is 11.4 Å². The first-order valence-corrected chi connectivity index (χ1v) is 9.85. The van der Waals surface area contributed by atoms with E-state index in [1.54, 1.807) is 36.4 Å². The van der Waals surface area contributed by atoms with E-state index in [9.17, 15) is 14.4 Å². The van der Waals surface area contributed by atoms with E-state index in [0.29, 0.717) is 16.8 Å². The van der Waals surface area contributed by atoms with Crippen molar-refractivity contribution < 1.29 is 14.4 Å². The molecule has 0 radical (unpaired) electrons. The minimum Gasteiger partial charge on any atom is -0.325 e. The highest BCUT2D eigenvalue weighted by Gasteiger charge is 2.34. The van der Waals surface area contributed by atoms with Gasteiger partial charge in [-0.15, -0.1) is 0 Å². The lowest BCUT2D eigenvalue weighted by Gasteiger charge is -2.16. The molecule has 3 aromatic carbocycles. The smallest absolute Gasteiger partial charge is 0.257 e. The molecule has 5 nitrogen and oxygen atoms in total. The van der Waals surface area contributed by atoms with Gasteiger partial charge in [-0.2, -0.15) is 0 Å². The van der Waals surface area contributed by atoms with Crippen molar-refractivity contribution in [2.24, 2.45) is 0 Å². The summed E-state index contributed by atoms with van der Waals surface area (Å²) in [6.45, 7) is 3.87. The van der Waals surface area contributed by atoms with E-state index in [4.69, 9.17) is 0 Å². The number of nitrogens with one attached hydrogen (secondary N) is 2. The Balaban J connectivity index is 1.58. The normalized spacial score (nSPS) is 14.9. The fourth-order valence-electron chi connectivity index (χ4n) is 3.90. The first-order valence-electron chi connectivity index (χ1n) is 9.85. The zero-order valence-corrected chi connectivity index (χ0v) is 16.9. The van der Waals surface area contributed by atoms with Crippen molar-refractivity contribution in [2.45, 2.75) is 26.2 Å². The number of aryl methyl sites for hydroxylation is 2. The SMILES string of the molecule is Cc1cccc(C)c1NC(=O)c1ccccc1NC(=O)[C@@H]1CC(=O)c2ccccc21. The number of ketones is 1. The summed E-state index contributed by atoms with van der Waals surface area (Å²) >= 11 is 0. The van der Waals surface area contributed by atoms with Gasteiger partial charge in [-0.25, -0.2) is 0 Å². The van der Waals surface area contributed by atoms with Gasteiger partial charge in [-0.05, 0) is 42.7 Å². The summed E-state index contributed by atoms with van der Waals surface area (Å²) in [6, 6.07) is 19.9. The van der Waals surface area contributed by atoms with Crippen LogP contribution >= 0.6 is 0 Å². The molecule has 3 aromatic rings. The Kier molecular flexibility index (Phi) is 5.19. The van der Waals surface area contributed by atoms with Crippen molar-refractivity contribution in [3.8, 4) is 0 Å². The Bertz CT molecular complexity index is 1150. The molecule has 30 heavy (non-hydrogen) atoms. The molecule has 0 aliphatic heterocycles. The lowest BCUT2D eigenvalue weighted by molar-refractivity contribution is -0.117. The molecule has 150 valence electrons. The topological polar surface area (TPSA) is 75.3 Å². The van der Waals surface area contributed by atoms with Gasteiger partial charge in [0.25, 0.3) is 5.91 Å². The van der Waals surface area contributed by atoms with Gasteiger partial charge in [0.1, 0.15) is 0 Å². The largest absolute Gasteiger partial charge is 0.325 e. The zero-order valence-electron chi connectivity index (χ0n) is 16.9. The number of anilines is 2. The third-order valence-corrected chi connectivity index (χ3v) is 5.49. The Morgan fingerprint density at radius 2 is 1.50 bits per heavy atom. The molecule has 0 saturated heterocycles. The molecule has 0 fully saturated rings. The molecule has 5 heteroatoms. The molecular weight excluding hydrogens is 376 g/mol. The molecule has 0 spiro atoms. The van der Waals surface area contributed by atoms with Crippen LogP contribution in [0.25, 0.3) is 0 Å². The maximum Gasteiger partial charge on any atom is 0.257 e. The van der Waals surface area contributed by atoms with Gasteiger partial charge in [0.15, 0.2) is 5.78 Å². The van der Waals surface area contributed by atoms with Crippen LogP contribution in [0.1, 0.15) is 49.7 Å². The monoisotopic (exact) mass is 398 g/mol. The number of amides is 2. The third kappa shape index (κ3) is 3.62. The predicted octanol–water partition coefficient (Wildman–Crippen LogP) is 4.86. The molecule has 2 amide bonds. The predicted molar refractivity (Wildman–Crippen MR) is 117 cm³/mol. The highest BCUT2D eigenvalue weighted by Crippen LogP contribution is 2.34. The summed E-state index contributed by atoms with van der Waals surface area (Å²) in [6.07, 6.45) is 0.141. The lowest BCUT2D eigenvalue weighted by atomic mass is 10.00. The first-order chi connectivity index (χ1) is 14.5. The van der Waals surface area contributed by atoms with Crippen molar-refractivity contribution in [2.75, 3.05) is 10.6 Å². The van der Waals surface area contributed by atoms with E-state index < -0.39 is 5.92 Å². The Morgan fingerprint density at radius 3 is 2.27 bits per heavy atom. The van der Waals surface area contributed by atoms with Crippen molar-refractivity contribution >= 4 is 29.0 Å². The molecule has 4 rings (SSSR count). The summed E-state index contributed by atoms with van der Waals surface area (Å²) in [5.41, 5.74) is 4.81. The molecule has 1 atom stereocenters. The molecule has 0 unspecified atom stereocenters. The van der Waals surface area contributed by atoms with Gasteiger partial charge in [0.05, 0.1) is 17.2 Å². The second-order valence-corrected chi connectivity index (χ2v) is 7.52. The minimum absolute atomic E-state index is 0.0354. The molecule has 0 heterocycles. The second-order valence-electron chi connectivity index (χ2n) is 7.52. The number of carbonyl (C=O) groups excluding carboxylic acids is 3. The summed E-state index contributed by atoms with van der Waals surface area (Å²) in [4.78, 5) is 38.2. The van der Waals surface area contributed by atoms with Crippen LogP contribution in [0.15, 0.2) is 66.7 Å². The van der Waals surface area contributed by atoms with Crippen LogP contribution in [0.3, 0.4) is 0 Å². The summed E-state index contributed by atoms with van der Waals surface area (Å²) < 4.78 is 0. The van der Waals surface area contributed by atoms with E-state index in [2.05, 4.69) is 10.6 Å². The number of hydrogen-bond donors (Lipinski definition) is 2. The van der Waals surface area contributed by atoms with Crippen molar-refractivity contribution in [3.63, 3.8) is 0 Å². The minimum atomic E-state index is -0.552. The number of benzene rings is 3.